The van der Waals surface area contributed by atoms with E-state index in [2.05, 4.69) is 22.4 Å². The second kappa shape index (κ2) is 7.64. The van der Waals surface area contributed by atoms with Gasteiger partial charge >= 0.3 is 0 Å². The molecule has 1 N–H and O–H groups in total. The maximum absolute atomic E-state index is 12.1. The number of nitrogens with one attached hydrogen (secondary N) is 1. The van der Waals surface area contributed by atoms with Gasteiger partial charge in [0, 0.05) is 11.6 Å². The third-order valence-corrected chi connectivity index (χ3v) is 5.03. The van der Waals surface area contributed by atoms with Gasteiger partial charge in [-0.25, -0.2) is 0 Å². The molecule has 0 aliphatic heterocycles. The molecule has 122 valence electrons. The summed E-state index contributed by atoms with van der Waals surface area (Å²) < 4.78 is 5.59. The Kier molecular flexibility index (Phi) is 5.33. The van der Waals surface area contributed by atoms with Crippen molar-refractivity contribution in [3.63, 3.8) is 0 Å². The zero-order valence-electron chi connectivity index (χ0n) is 13.2. The Balaban J connectivity index is 1.50. The van der Waals surface area contributed by atoms with Crippen LogP contribution in [0.15, 0.2) is 40.0 Å². The van der Waals surface area contributed by atoms with Gasteiger partial charge in [0.2, 0.25) is 11.8 Å². The lowest BCUT2D eigenvalue weighted by molar-refractivity contribution is -0.119. The van der Waals surface area contributed by atoms with Gasteiger partial charge in [-0.3, -0.25) is 4.79 Å². The molecule has 1 saturated carbocycles. The minimum absolute atomic E-state index is 0.0354. The van der Waals surface area contributed by atoms with Crippen molar-refractivity contribution in [3.8, 4) is 11.5 Å². The minimum Gasteiger partial charge on any atom is -0.411 e. The molecule has 0 spiro atoms. The standard InChI is InChI=1S/C17H21N3O2S/c1-12-7-5-6-10-14(12)18-15(21)11-23-17-20-19-16(22-17)13-8-3-2-4-9-13/h2-4,8-9,12,14H,5-7,10-11H2,1H3,(H,18,21)/t12-,14-/m1/s1. The van der Waals surface area contributed by atoms with E-state index in [1.807, 2.05) is 30.3 Å². The molecule has 6 heteroatoms. The van der Waals surface area contributed by atoms with Crippen LogP contribution in [-0.2, 0) is 4.79 Å². The van der Waals surface area contributed by atoms with Crippen LogP contribution in [0.2, 0.25) is 0 Å². The fourth-order valence-corrected chi connectivity index (χ4v) is 3.45. The van der Waals surface area contributed by atoms with Crippen molar-refractivity contribution in [1.29, 1.82) is 0 Å². The van der Waals surface area contributed by atoms with E-state index in [1.54, 1.807) is 0 Å². The SMILES string of the molecule is C[C@@H]1CCCC[C@H]1NC(=O)CSc1nnc(-c2ccccc2)o1. The number of amides is 1. The molecule has 3 rings (SSSR count). The first-order valence-corrected chi connectivity index (χ1v) is 9.02. The molecular weight excluding hydrogens is 310 g/mol. The van der Waals surface area contributed by atoms with Crippen LogP contribution in [0.1, 0.15) is 32.6 Å². The molecule has 2 atom stereocenters. The number of rotatable bonds is 5. The summed E-state index contributed by atoms with van der Waals surface area (Å²) in [7, 11) is 0. The van der Waals surface area contributed by atoms with Crippen LogP contribution >= 0.6 is 11.8 Å². The molecule has 1 aliphatic rings. The van der Waals surface area contributed by atoms with Gasteiger partial charge in [0.15, 0.2) is 0 Å². The van der Waals surface area contributed by atoms with Crippen LogP contribution in [0, 0.1) is 5.92 Å². The fourth-order valence-electron chi connectivity index (χ4n) is 2.87. The van der Waals surface area contributed by atoms with Crippen LogP contribution in [0.5, 0.6) is 0 Å². The first-order valence-electron chi connectivity index (χ1n) is 8.03. The van der Waals surface area contributed by atoms with E-state index in [0.29, 0.717) is 28.8 Å². The number of nitrogens with zero attached hydrogens (tertiary/aromatic N) is 2. The predicted molar refractivity (Wildman–Crippen MR) is 90.0 cm³/mol. The third-order valence-electron chi connectivity index (χ3n) is 4.21. The minimum atomic E-state index is 0.0354. The van der Waals surface area contributed by atoms with Crippen molar-refractivity contribution in [2.45, 2.75) is 43.9 Å². The molecule has 1 fully saturated rings. The lowest BCUT2D eigenvalue weighted by Gasteiger charge is -2.29. The highest BCUT2D eigenvalue weighted by atomic mass is 32.2. The Labute approximate surface area is 140 Å². The molecule has 23 heavy (non-hydrogen) atoms. The van der Waals surface area contributed by atoms with Gasteiger partial charge in [-0.1, -0.05) is 49.7 Å². The van der Waals surface area contributed by atoms with E-state index in [0.717, 1.165) is 12.0 Å². The predicted octanol–water partition coefficient (Wildman–Crippen LogP) is 3.52. The van der Waals surface area contributed by atoms with Gasteiger partial charge in [-0.05, 0) is 30.9 Å². The zero-order chi connectivity index (χ0) is 16.1. The lowest BCUT2D eigenvalue weighted by Crippen LogP contribution is -2.41. The summed E-state index contributed by atoms with van der Waals surface area (Å²) in [5, 5.41) is 11.6. The molecule has 5 nitrogen and oxygen atoms in total. The number of benzene rings is 1. The first-order chi connectivity index (χ1) is 11.2. The summed E-state index contributed by atoms with van der Waals surface area (Å²) in [5.74, 6) is 1.38. The van der Waals surface area contributed by atoms with Gasteiger partial charge in [-0.2, -0.15) is 0 Å². The van der Waals surface area contributed by atoms with Gasteiger partial charge in [-0.15, -0.1) is 10.2 Å². The summed E-state index contributed by atoms with van der Waals surface area (Å²) in [5.41, 5.74) is 0.882. The van der Waals surface area contributed by atoms with Crippen molar-refractivity contribution in [3.05, 3.63) is 30.3 Å². The van der Waals surface area contributed by atoms with Crippen LogP contribution in [-0.4, -0.2) is 27.9 Å². The normalized spacial score (nSPS) is 21.1. The van der Waals surface area contributed by atoms with E-state index in [9.17, 15) is 4.79 Å². The van der Waals surface area contributed by atoms with Gasteiger partial charge in [0.1, 0.15) is 0 Å². The Bertz CT molecular complexity index is 644. The molecule has 0 saturated heterocycles. The number of hydrogen-bond donors (Lipinski definition) is 1. The molecule has 0 unspecified atom stereocenters. The van der Waals surface area contributed by atoms with Crippen molar-refractivity contribution in [2.24, 2.45) is 5.92 Å². The molecule has 1 aromatic heterocycles. The fraction of sp³-hybridized carbons (Fsp3) is 0.471. The van der Waals surface area contributed by atoms with Crippen molar-refractivity contribution in [2.75, 3.05) is 5.75 Å². The average molecular weight is 331 g/mol. The smallest absolute Gasteiger partial charge is 0.277 e. The van der Waals surface area contributed by atoms with Gasteiger partial charge in [0.05, 0.1) is 5.75 Å². The van der Waals surface area contributed by atoms with Crippen LogP contribution < -0.4 is 5.32 Å². The van der Waals surface area contributed by atoms with Crippen LogP contribution in [0.25, 0.3) is 11.5 Å². The summed E-state index contributed by atoms with van der Waals surface area (Å²) >= 11 is 1.28. The molecule has 1 amide bonds. The highest BCUT2D eigenvalue weighted by molar-refractivity contribution is 7.99. The third kappa shape index (κ3) is 4.34. The largest absolute Gasteiger partial charge is 0.411 e. The van der Waals surface area contributed by atoms with Crippen molar-refractivity contribution >= 4 is 17.7 Å². The maximum atomic E-state index is 12.1. The lowest BCUT2D eigenvalue weighted by atomic mass is 9.86. The molecule has 0 radical (unpaired) electrons. The van der Waals surface area contributed by atoms with Gasteiger partial charge < -0.3 is 9.73 Å². The van der Waals surface area contributed by atoms with E-state index in [-0.39, 0.29) is 5.91 Å². The molecule has 2 aromatic rings. The molecule has 1 aliphatic carbocycles. The second-order valence-corrected chi connectivity index (χ2v) is 6.89. The van der Waals surface area contributed by atoms with Crippen molar-refractivity contribution in [1.82, 2.24) is 15.5 Å². The number of thioether (sulfide) groups is 1. The van der Waals surface area contributed by atoms with E-state index >= 15 is 0 Å². The number of carbonyl (C=O) groups excluding carboxylic acids is 1. The topological polar surface area (TPSA) is 68.0 Å². The molecule has 1 aromatic carbocycles. The highest BCUT2D eigenvalue weighted by Gasteiger charge is 2.23. The van der Waals surface area contributed by atoms with Crippen molar-refractivity contribution < 1.29 is 9.21 Å². The summed E-state index contributed by atoms with van der Waals surface area (Å²) in [6.45, 7) is 2.21. The van der Waals surface area contributed by atoms with E-state index in [1.165, 1.54) is 31.0 Å². The Morgan fingerprint density at radius 1 is 1.26 bits per heavy atom. The summed E-state index contributed by atoms with van der Waals surface area (Å²) in [6.07, 6.45) is 4.75. The number of aromatic nitrogens is 2. The van der Waals surface area contributed by atoms with Gasteiger partial charge in [0.25, 0.3) is 5.22 Å². The molecular formula is C17H21N3O2S. The molecule has 1 heterocycles. The quantitative estimate of drug-likeness (QED) is 0.849. The molecule has 0 bridgehead atoms. The number of carbonyl (C=O) groups is 1. The zero-order valence-corrected chi connectivity index (χ0v) is 14.0. The summed E-state index contributed by atoms with van der Waals surface area (Å²) in [4.78, 5) is 12.1. The van der Waals surface area contributed by atoms with Crippen LogP contribution in [0.4, 0.5) is 0 Å². The Morgan fingerprint density at radius 3 is 2.83 bits per heavy atom. The van der Waals surface area contributed by atoms with E-state index < -0.39 is 0 Å². The summed E-state index contributed by atoms with van der Waals surface area (Å²) in [6, 6.07) is 9.92. The Morgan fingerprint density at radius 2 is 2.04 bits per heavy atom. The Hall–Kier alpha value is -1.82. The first kappa shape index (κ1) is 16.1. The second-order valence-electron chi connectivity index (χ2n) is 5.96. The average Bonchev–Trinajstić information content (AvgIpc) is 3.05. The maximum Gasteiger partial charge on any atom is 0.277 e. The van der Waals surface area contributed by atoms with E-state index in [4.69, 9.17) is 4.42 Å². The monoisotopic (exact) mass is 331 g/mol. The number of hydrogen-bond acceptors (Lipinski definition) is 5. The highest BCUT2D eigenvalue weighted by Crippen LogP contribution is 2.25. The van der Waals surface area contributed by atoms with Crippen LogP contribution in [0.3, 0.4) is 0 Å².